The molecule has 118 valence electrons. The van der Waals surface area contributed by atoms with E-state index in [0.29, 0.717) is 11.8 Å². The van der Waals surface area contributed by atoms with E-state index in [-0.39, 0.29) is 11.9 Å². The molecule has 0 saturated carbocycles. The Morgan fingerprint density at radius 2 is 2.00 bits per heavy atom. The third-order valence-electron chi connectivity index (χ3n) is 3.63. The summed E-state index contributed by atoms with van der Waals surface area (Å²) in [5.41, 5.74) is 7.28. The van der Waals surface area contributed by atoms with Gasteiger partial charge in [-0.05, 0) is 33.6 Å². The van der Waals surface area contributed by atoms with Gasteiger partial charge in [-0.15, -0.1) is 0 Å². The zero-order chi connectivity index (χ0) is 15.4. The molecule has 2 N–H and O–H groups in total. The quantitative estimate of drug-likeness (QED) is 0.848. The van der Waals surface area contributed by atoms with Crippen molar-refractivity contribution in [2.45, 2.75) is 45.8 Å². The van der Waals surface area contributed by atoms with E-state index < -0.39 is 5.82 Å². The van der Waals surface area contributed by atoms with Gasteiger partial charge in [0.05, 0.1) is 23.6 Å². The molecule has 0 amide bonds. The number of nitrogens with zero attached hydrogens (tertiary/aromatic N) is 1. The number of hydrogen-bond donors (Lipinski definition) is 1. The van der Waals surface area contributed by atoms with E-state index in [9.17, 15) is 4.39 Å². The van der Waals surface area contributed by atoms with Crippen molar-refractivity contribution < 1.29 is 13.9 Å². The highest BCUT2D eigenvalue weighted by Gasteiger charge is 2.22. The van der Waals surface area contributed by atoms with Crippen LogP contribution in [0.3, 0.4) is 0 Å². The average Bonchev–Trinajstić information content (AvgIpc) is 2.43. The predicted octanol–water partition coefficient (Wildman–Crippen LogP) is 3.20. The fraction of sp³-hybridized carbons (Fsp3) is 0.625. The Balaban J connectivity index is 2.12. The average molecular weight is 296 g/mol. The van der Waals surface area contributed by atoms with Crippen LogP contribution in [0.4, 0.5) is 15.8 Å². The van der Waals surface area contributed by atoms with Gasteiger partial charge in [0.1, 0.15) is 0 Å². The summed E-state index contributed by atoms with van der Waals surface area (Å²) >= 11 is 0. The number of piperidine rings is 1. The Hall–Kier alpha value is -1.49. The number of hydrogen-bond acceptors (Lipinski definition) is 4. The molecule has 1 aromatic rings. The summed E-state index contributed by atoms with van der Waals surface area (Å²) in [5.74, 6) is -0.143. The van der Waals surface area contributed by atoms with Crippen molar-refractivity contribution in [3.8, 4) is 5.75 Å². The molecule has 1 fully saturated rings. The van der Waals surface area contributed by atoms with E-state index in [2.05, 4.69) is 4.90 Å². The van der Waals surface area contributed by atoms with E-state index in [4.69, 9.17) is 15.2 Å². The molecule has 0 spiro atoms. The standard InChI is InChI=1S/C16H25FN2O2/c1-4-20-12-5-7-19(8-6-12)15-10-16(21-11(2)3)13(17)9-14(15)18/h9-12H,4-8,18H2,1-3H3. The maximum atomic E-state index is 13.9. The molecule has 1 aliphatic rings. The minimum Gasteiger partial charge on any atom is -0.488 e. The van der Waals surface area contributed by atoms with Gasteiger partial charge in [0, 0.05) is 31.8 Å². The Bertz CT molecular complexity index is 472. The van der Waals surface area contributed by atoms with Crippen molar-refractivity contribution in [2.75, 3.05) is 30.3 Å². The second kappa shape index (κ2) is 6.98. The predicted molar refractivity (Wildman–Crippen MR) is 83.4 cm³/mol. The van der Waals surface area contributed by atoms with Crippen LogP contribution in [0.1, 0.15) is 33.6 Å². The third-order valence-corrected chi connectivity index (χ3v) is 3.63. The molecule has 1 heterocycles. The lowest BCUT2D eigenvalue weighted by Crippen LogP contribution is -2.37. The molecular weight excluding hydrogens is 271 g/mol. The van der Waals surface area contributed by atoms with Gasteiger partial charge in [-0.3, -0.25) is 0 Å². The first-order valence-electron chi connectivity index (χ1n) is 7.63. The molecule has 0 aliphatic carbocycles. The summed E-state index contributed by atoms with van der Waals surface area (Å²) in [4.78, 5) is 2.18. The summed E-state index contributed by atoms with van der Waals surface area (Å²) in [6.07, 6.45) is 2.18. The summed E-state index contributed by atoms with van der Waals surface area (Å²) in [6, 6.07) is 3.06. The van der Waals surface area contributed by atoms with E-state index in [0.717, 1.165) is 38.2 Å². The molecule has 0 aromatic heterocycles. The lowest BCUT2D eigenvalue weighted by Gasteiger charge is -2.34. The van der Waals surface area contributed by atoms with Crippen molar-refractivity contribution in [1.82, 2.24) is 0 Å². The largest absolute Gasteiger partial charge is 0.488 e. The second-order valence-electron chi connectivity index (χ2n) is 5.65. The molecule has 1 saturated heterocycles. The van der Waals surface area contributed by atoms with Crippen LogP contribution in [0.2, 0.25) is 0 Å². The Kier molecular flexibility index (Phi) is 5.28. The van der Waals surface area contributed by atoms with Gasteiger partial charge in [0.2, 0.25) is 0 Å². The highest BCUT2D eigenvalue weighted by atomic mass is 19.1. The minimum absolute atomic E-state index is 0.0698. The number of rotatable bonds is 5. The Morgan fingerprint density at radius 3 is 2.57 bits per heavy atom. The number of anilines is 2. The molecule has 1 aromatic carbocycles. The van der Waals surface area contributed by atoms with Crippen LogP contribution in [0.15, 0.2) is 12.1 Å². The highest BCUT2D eigenvalue weighted by molar-refractivity contribution is 5.70. The van der Waals surface area contributed by atoms with E-state index in [1.54, 1.807) is 6.07 Å². The Morgan fingerprint density at radius 1 is 1.33 bits per heavy atom. The van der Waals surface area contributed by atoms with Crippen LogP contribution in [-0.4, -0.2) is 31.9 Å². The van der Waals surface area contributed by atoms with Gasteiger partial charge < -0.3 is 20.1 Å². The lowest BCUT2D eigenvalue weighted by molar-refractivity contribution is 0.0459. The van der Waals surface area contributed by atoms with Crippen LogP contribution in [0, 0.1) is 5.82 Å². The van der Waals surface area contributed by atoms with Gasteiger partial charge in [0.25, 0.3) is 0 Å². The molecule has 0 atom stereocenters. The van der Waals surface area contributed by atoms with Crippen LogP contribution in [0.25, 0.3) is 0 Å². The fourth-order valence-electron chi connectivity index (χ4n) is 2.68. The van der Waals surface area contributed by atoms with Gasteiger partial charge in [-0.1, -0.05) is 0 Å². The zero-order valence-corrected chi connectivity index (χ0v) is 13.1. The number of nitrogens with two attached hydrogens (primary N) is 1. The van der Waals surface area contributed by atoms with Crippen LogP contribution in [0.5, 0.6) is 5.75 Å². The maximum absolute atomic E-state index is 13.9. The van der Waals surface area contributed by atoms with Crippen LogP contribution in [-0.2, 0) is 4.74 Å². The van der Waals surface area contributed by atoms with E-state index >= 15 is 0 Å². The SMILES string of the molecule is CCOC1CCN(c2cc(OC(C)C)c(F)cc2N)CC1. The van der Waals surface area contributed by atoms with Crippen LogP contribution >= 0.6 is 0 Å². The number of nitrogen functional groups attached to an aromatic ring is 1. The van der Waals surface area contributed by atoms with Crippen molar-refractivity contribution in [2.24, 2.45) is 0 Å². The molecule has 0 bridgehead atoms. The monoisotopic (exact) mass is 296 g/mol. The number of ether oxygens (including phenoxy) is 2. The molecule has 1 aliphatic heterocycles. The molecule has 0 radical (unpaired) electrons. The van der Waals surface area contributed by atoms with Gasteiger partial charge in [0.15, 0.2) is 11.6 Å². The van der Waals surface area contributed by atoms with Crippen LogP contribution < -0.4 is 15.4 Å². The molecule has 0 unspecified atom stereocenters. The summed E-state index contributed by atoms with van der Waals surface area (Å²) in [7, 11) is 0. The first kappa shape index (κ1) is 15.9. The number of benzene rings is 1. The highest BCUT2D eigenvalue weighted by Crippen LogP contribution is 2.33. The van der Waals surface area contributed by atoms with Crippen molar-refractivity contribution in [3.05, 3.63) is 17.9 Å². The second-order valence-corrected chi connectivity index (χ2v) is 5.65. The first-order chi connectivity index (χ1) is 10.0. The summed E-state index contributed by atoms with van der Waals surface area (Å²) in [5, 5.41) is 0. The summed E-state index contributed by atoms with van der Waals surface area (Å²) in [6.45, 7) is 8.24. The maximum Gasteiger partial charge on any atom is 0.167 e. The van der Waals surface area contributed by atoms with Crippen molar-refractivity contribution >= 4 is 11.4 Å². The van der Waals surface area contributed by atoms with Crippen molar-refractivity contribution in [1.29, 1.82) is 0 Å². The lowest BCUT2D eigenvalue weighted by atomic mass is 10.1. The normalized spacial score (nSPS) is 16.5. The topological polar surface area (TPSA) is 47.7 Å². The first-order valence-corrected chi connectivity index (χ1v) is 7.63. The summed E-state index contributed by atoms with van der Waals surface area (Å²) < 4.78 is 25.0. The molecule has 21 heavy (non-hydrogen) atoms. The molecule has 5 heteroatoms. The minimum atomic E-state index is -0.408. The number of halogens is 1. The molecule has 4 nitrogen and oxygen atoms in total. The van der Waals surface area contributed by atoms with Gasteiger partial charge in [-0.25, -0.2) is 4.39 Å². The molecular formula is C16H25FN2O2. The smallest absolute Gasteiger partial charge is 0.167 e. The van der Waals surface area contributed by atoms with Crippen molar-refractivity contribution in [3.63, 3.8) is 0 Å². The van der Waals surface area contributed by atoms with E-state index in [1.807, 2.05) is 20.8 Å². The third kappa shape index (κ3) is 4.00. The fourth-order valence-corrected chi connectivity index (χ4v) is 2.68. The molecule has 2 rings (SSSR count). The van der Waals surface area contributed by atoms with Gasteiger partial charge in [-0.2, -0.15) is 0 Å². The van der Waals surface area contributed by atoms with E-state index in [1.165, 1.54) is 6.07 Å². The Labute approximate surface area is 126 Å². The van der Waals surface area contributed by atoms with Gasteiger partial charge >= 0.3 is 0 Å². The zero-order valence-electron chi connectivity index (χ0n) is 13.1.